The molecule has 0 bridgehead atoms. The highest BCUT2D eigenvalue weighted by Crippen LogP contribution is 2.29. The van der Waals surface area contributed by atoms with E-state index in [1.165, 1.54) is 0 Å². The summed E-state index contributed by atoms with van der Waals surface area (Å²) in [6.07, 6.45) is 7.87. The van der Waals surface area contributed by atoms with Crippen LogP contribution in [0.15, 0.2) is 58.8 Å². The highest BCUT2D eigenvalue weighted by molar-refractivity contribution is 7.90. The zero-order chi connectivity index (χ0) is 21.5. The number of nitrogens with zero attached hydrogens (tertiary/aromatic N) is 3. The molecule has 1 aromatic carbocycles. The molecule has 2 aromatic rings. The van der Waals surface area contributed by atoms with Crippen molar-refractivity contribution in [3.8, 4) is 0 Å². The number of benzene rings is 1. The Morgan fingerprint density at radius 2 is 2.07 bits per heavy atom. The first-order valence-corrected chi connectivity index (χ1v) is 11.7. The van der Waals surface area contributed by atoms with Gasteiger partial charge in [-0.1, -0.05) is 13.8 Å². The van der Waals surface area contributed by atoms with Crippen LogP contribution in [0, 0.1) is 5.92 Å². The number of carbonyl (C=O) groups excluding carboxylic acids is 1. The van der Waals surface area contributed by atoms with E-state index in [9.17, 15) is 13.2 Å². The largest absolute Gasteiger partial charge is 0.361 e. The Labute approximate surface area is 176 Å². The fourth-order valence-corrected chi connectivity index (χ4v) is 5.05. The zero-order valence-corrected chi connectivity index (χ0v) is 18.2. The quantitative estimate of drug-likeness (QED) is 0.794. The smallest absolute Gasteiger partial charge is 0.262 e. The molecule has 1 atom stereocenters. The van der Waals surface area contributed by atoms with Crippen LogP contribution in [0.5, 0.6) is 0 Å². The van der Waals surface area contributed by atoms with Gasteiger partial charge in [-0.3, -0.25) is 4.79 Å². The number of fused-ring (bicyclic) bond motifs is 2. The third kappa shape index (κ3) is 3.92. The minimum Gasteiger partial charge on any atom is -0.361 e. The molecule has 3 heterocycles. The summed E-state index contributed by atoms with van der Waals surface area (Å²) in [4.78, 5) is 20.4. The summed E-state index contributed by atoms with van der Waals surface area (Å²) in [5.41, 5.74) is 2.07. The van der Waals surface area contributed by atoms with Gasteiger partial charge in [0.05, 0.1) is 11.3 Å². The Kier molecular flexibility index (Phi) is 5.27. The molecule has 158 valence electrons. The van der Waals surface area contributed by atoms with Gasteiger partial charge in [0.1, 0.15) is 0 Å². The molecule has 1 aromatic heterocycles. The minimum atomic E-state index is -3.57. The van der Waals surface area contributed by atoms with Gasteiger partial charge >= 0.3 is 0 Å². The lowest BCUT2D eigenvalue weighted by Gasteiger charge is -2.34. The van der Waals surface area contributed by atoms with E-state index in [1.807, 2.05) is 37.4 Å². The van der Waals surface area contributed by atoms with Crippen LogP contribution < -0.4 is 4.90 Å². The monoisotopic (exact) mass is 426 g/mol. The molecule has 4 rings (SSSR count). The van der Waals surface area contributed by atoms with Crippen LogP contribution in [-0.4, -0.2) is 48.4 Å². The number of H-pyrrole nitrogens is 1. The van der Waals surface area contributed by atoms with Gasteiger partial charge in [0.25, 0.3) is 15.9 Å². The number of allylic oxidation sites excluding steroid dienone is 2. The average molecular weight is 427 g/mol. The predicted octanol–water partition coefficient (Wildman–Crippen LogP) is 3.43. The summed E-state index contributed by atoms with van der Waals surface area (Å²) < 4.78 is 28.2. The maximum Gasteiger partial charge on any atom is 0.262 e. The minimum absolute atomic E-state index is 0.0556. The Morgan fingerprint density at radius 3 is 2.83 bits per heavy atom. The van der Waals surface area contributed by atoms with Gasteiger partial charge in [-0.2, -0.15) is 0 Å². The number of sulfonamides is 1. The SMILES string of the molecule is CC(C)CC(C)N(C(=O)C1=CC=CN2CCS(=O)(=O)N=C12)c1ccc2[nH]ccc2c1. The van der Waals surface area contributed by atoms with Gasteiger partial charge in [-0.05, 0) is 55.7 Å². The molecule has 2 aliphatic rings. The fraction of sp³-hybridized carbons (Fsp3) is 0.364. The summed E-state index contributed by atoms with van der Waals surface area (Å²) in [7, 11) is -3.57. The number of amidine groups is 1. The standard InChI is InChI=1S/C22H26N4O3S/c1-15(2)13-16(3)26(18-6-7-20-17(14-18)8-9-23-20)22(27)19-5-4-10-25-11-12-30(28,29)24-21(19)25/h4-10,14-16,23H,11-13H2,1-3H3. The normalized spacial score (nSPS) is 18.7. The van der Waals surface area contributed by atoms with Crippen molar-refractivity contribution >= 4 is 38.4 Å². The van der Waals surface area contributed by atoms with Gasteiger partial charge in [0, 0.05) is 41.6 Å². The van der Waals surface area contributed by atoms with Gasteiger partial charge in [0.2, 0.25) is 0 Å². The summed E-state index contributed by atoms with van der Waals surface area (Å²) in [6.45, 7) is 6.56. The molecule has 0 saturated carbocycles. The van der Waals surface area contributed by atoms with Crippen LogP contribution in [0.3, 0.4) is 0 Å². The van der Waals surface area contributed by atoms with Crippen LogP contribution in [0.25, 0.3) is 10.9 Å². The Morgan fingerprint density at radius 1 is 1.27 bits per heavy atom. The third-order valence-corrected chi connectivity index (χ3v) is 6.52. The van der Waals surface area contributed by atoms with Crippen molar-refractivity contribution in [2.24, 2.45) is 10.3 Å². The van der Waals surface area contributed by atoms with Crippen molar-refractivity contribution in [3.05, 3.63) is 54.4 Å². The first-order valence-electron chi connectivity index (χ1n) is 10.1. The summed E-state index contributed by atoms with van der Waals surface area (Å²) in [5, 5.41) is 1.01. The molecule has 1 unspecified atom stereocenters. The summed E-state index contributed by atoms with van der Waals surface area (Å²) in [6, 6.07) is 7.75. The Bertz CT molecular complexity index is 1170. The zero-order valence-electron chi connectivity index (χ0n) is 17.4. The van der Waals surface area contributed by atoms with E-state index in [1.54, 1.807) is 28.2 Å². The van der Waals surface area contributed by atoms with E-state index in [0.29, 0.717) is 18.0 Å². The highest BCUT2D eigenvalue weighted by Gasteiger charge is 2.34. The van der Waals surface area contributed by atoms with E-state index < -0.39 is 10.0 Å². The first-order chi connectivity index (χ1) is 14.2. The molecule has 8 heteroatoms. The molecule has 0 aliphatic carbocycles. The second-order valence-corrected chi connectivity index (χ2v) is 9.97. The topological polar surface area (TPSA) is 85.8 Å². The van der Waals surface area contributed by atoms with Crippen molar-refractivity contribution in [3.63, 3.8) is 0 Å². The molecule has 0 radical (unpaired) electrons. The van der Waals surface area contributed by atoms with Gasteiger partial charge in [0.15, 0.2) is 5.84 Å². The molecular weight excluding hydrogens is 400 g/mol. The molecule has 1 amide bonds. The number of amides is 1. The predicted molar refractivity (Wildman–Crippen MR) is 120 cm³/mol. The lowest BCUT2D eigenvalue weighted by molar-refractivity contribution is -0.115. The fourth-order valence-electron chi connectivity index (χ4n) is 4.06. The van der Waals surface area contributed by atoms with E-state index >= 15 is 0 Å². The Balaban J connectivity index is 1.78. The van der Waals surface area contributed by atoms with Crippen molar-refractivity contribution in [1.82, 2.24) is 9.88 Å². The maximum absolute atomic E-state index is 13.8. The number of anilines is 1. The van der Waals surface area contributed by atoms with E-state index in [4.69, 9.17) is 0 Å². The van der Waals surface area contributed by atoms with Gasteiger partial charge in [-0.15, -0.1) is 4.40 Å². The van der Waals surface area contributed by atoms with Crippen molar-refractivity contribution < 1.29 is 13.2 Å². The third-order valence-electron chi connectivity index (χ3n) is 5.38. The molecule has 1 N–H and O–H groups in total. The van der Waals surface area contributed by atoms with Crippen molar-refractivity contribution in [1.29, 1.82) is 0 Å². The molecular formula is C22H26N4O3S. The molecule has 2 aliphatic heterocycles. The highest BCUT2D eigenvalue weighted by atomic mass is 32.2. The van der Waals surface area contributed by atoms with Crippen molar-refractivity contribution in [2.45, 2.75) is 33.2 Å². The number of hydrogen-bond donors (Lipinski definition) is 1. The Hall–Kier alpha value is -2.87. The van der Waals surface area contributed by atoms with E-state index in [-0.39, 0.29) is 23.5 Å². The molecule has 30 heavy (non-hydrogen) atoms. The van der Waals surface area contributed by atoms with Crippen LogP contribution >= 0.6 is 0 Å². The van der Waals surface area contributed by atoms with Crippen LogP contribution in [-0.2, 0) is 14.8 Å². The lowest BCUT2D eigenvalue weighted by atomic mass is 10.0. The molecule has 7 nitrogen and oxygen atoms in total. The summed E-state index contributed by atoms with van der Waals surface area (Å²) >= 11 is 0. The van der Waals surface area contributed by atoms with E-state index in [0.717, 1.165) is 23.0 Å². The number of carbonyl (C=O) groups is 1. The number of aromatic amines is 1. The number of nitrogens with one attached hydrogen (secondary N) is 1. The maximum atomic E-state index is 13.8. The van der Waals surface area contributed by atoms with Crippen LogP contribution in [0.4, 0.5) is 5.69 Å². The van der Waals surface area contributed by atoms with E-state index in [2.05, 4.69) is 23.2 Å². The second kappa shape index (κ2) is 7.75. The second-order valence-electron chi connectivity index (χ2n) is 8.22. The van der Waals surface area contributed by atoms with Gasteiger partial charge < -0.3 is 14.8 Å². The van der Waals surface area contributed by atoms with Crippen molar-refractivity contribution in [2.75, 3.05) is 17.2 Å². The molecule has 0 spiro atoms. The van der Waals surface area contributed by atoms with Crippen LogP contribution in [0.2, 0.25) is 0 Å². The van der Waals surface area contributed by atoms with Gasteiger partial charge in [-0.25, -0.2) is 8.42 Å². The molecule has 0 fully saturated rings. The molecule has 0 saturated heterocycles. The average Bonchev–Trinajstić information content (AvgIpc) is 3.14. The number of rotatable bonds is 5. The number of aromatic nitrogens is 1. The first kappa shape index (κ1) is 20.4. The summed E-state index contributed by atoms with van der Waals surface area (Å²) in [5.74, 6) is 0.303. The lowest BCUT2D eigenvalue weighted by Crippen LogP contribution is -2.46. The number of hydrogen-bond acceptors (Lipinski definition) is 4. The van der Waals surface area contributed by atoms with Crippen LogP contribution in [0.1, 0.15) is 27.2 Å².